The molecule has 0 aliphatic heterocycles. The standard InChI is InChI=1S/C63H36N4O2S/c1-3-14-37(15-4-1)61-64-62(40-26-29-45-44-19-8-11-23-54(44)69-57(45)36-40)66-63(65-61)47-21-13-24-56-59(47)51-32-38(28-31-55(51)68-56)41-34-48(60-50(35-41)46-20-9-12-25-58(46)70-60)39-27-30-53-49(33-39)43-18-7-10-22-52(43)67(53)42-16-5-2-6-17-42/h1-36H. The molecule has 0 fully saturated rings. The second-order valence-electron chi connectivity index (χ2n) is 17.9. The van der Waals surface area contributed by atoms with Crippen LogP contribution < -0.4 is 0 Å². The van der Waals surface area contributed by atoms with Crippen LogP contribution in [0.4, 0.5) is 0 Å². The number of thiophene rings is 1. The third kappa shape index (κ3) is 6.02. The van der Waals surface area contributed by atoms with E-state index in [-0.39, 0.29) is 0 Å². The van der Waals surface area contributed by atoms with E-state index in [0.717, 1.165) is 77.4 Å². The number of aromatic nitrogens is 4. The predicted octanol–water partition coefficient (Wildman–Crippen LogP) is 17.5. The molecule has 326 valence electrons. The quantitative estimate of drug-likeness (QED) is 0.166. The van der Waals surface area contributed by atoms with Crippen LogP contribution in [0.2, 0.25) is 0 Å². The molecule has 0 saturated carbocycles. The first-order valence-electron chi connectivity index (χ1n) is 23.4. The van der Waals surface area contributed by atoms with Crippen LogP contribution in [0, 0.1) is 0 Å². The molecule has 5 aromatic heterocycles. The highest BCUT2D eigenvalue weighted by molar-refractivity contribution is 7.26. The van der Waals surface area contributed by atoms with E-state index in [1.807, 2.05) is 78.1 Å². The molecule has 7 heteroatoms. The van der Waals surface area contributed by atoms with Crippen LogP contribution >= 0.6 is 11.3 Å². The summed E-state index contributed by atoms with van der Waals surface area (Å²) in [5, 5.41) is 9.01. The third-order valence-electron chi connectivity index (χ3n) is 13.8. The number of furan rings is 2. The summed E-state index contributed by atoms with van der Waals surface area (Å²) in [4.78, 5) is 15.5. The van der Waals surface area contributed by atoms with E-state index in [0.29, 0.717) is 17.5 Å². The van der Waals surface area contributed by atoms with Gasteiger partial charge >= 0.3 is 0 Å². The van der Waals surface area contributed by atoms with E-state index in [1.165, 1.54) is 53.1 Å². The number of benzene rings is 10. The Labute approximate surface area is 404 Å². The lowest BCUT2D eigenvalue weighted by Crippen LogP contribution is -2.00. The molecule has 0 unspecified atom stereocenters. The van der Waals surface area contributed by atoms with Crippen LogP contribution in [0.1, 0.15) is 0 Å². The SMILES string of the molecule is c1ccc(-c2nc(-c3ccc4c(c3)oc3ccccc34)nc(-c3cccc4oc5ccc(-c6cc(-c7ccc8c(c7)c7ccccc7n8-c7ccccc7)c7sc8ccccc8c7c6)cc5c34)n2)cc1. The molecule has 0 bridgehead atoms. The monoisotopic (exact) mass is 912 g/mol. The Balaban J connectivity index is 0.917. The third-order valence-corrected chi connectivity index (χ3v) is 15.1. The minimum Gasteiger partial charge on any atom is -0.456 e. The van der Waals surface area contributed by atoms with E-state index in [4.69, 9.17) is 23.8 Å². The van der Waals surface area contributed by atoms with Crippen molar-refractivity contribution in [3.8, 4) is 62.1 Å². The van der Waals surface area contributed by atoms with Crippen LogP contribution in [0.3, 0.4) is 0 Å². The number of fused-ring (bicyclic) bond motifs is 12. The molecule has 15 aromatic rings. The van der Waals surface area contributed by atoms with Gasteiger partial charge < -0.3 is 13.4 Å². The number of hydrogen-bond donors (Lipinski definition) is 0. The summed E-state index contributed by atoms with van der Waals surface area (Å²) in [7, 11) is 0. The van der Waals surface area contributed by atoms with Gasteiger partial charge in [-0.1, -0.05) is 133 Å². The van der Waals surface area contributed by atoms with Gasteiger partial charge in [0.2, 0.25) is 0 Å². The highest BCUT2D eigenvalue weighted by atomic mass is 32.1. The van der Waals surface area contributed by atoms with Crippen molar-refractivity contribution in [2.45, 2.75) is 0 Å². The van der Waals surface area contributed by atoms with Gasteiger partial charge in [0.25, 0.3) is 0 Å². The van der Waals surface area contributed by atoms with Gasteiger partial charge in [0, 0.05) is 80.4 Å². The summed E-state index contributed by atoms with van der Waals surface area (Å²) < 4.78 is 17.9. The molecule has 0 saturated heterocycles. The first kappa shape index (κ1) is 38.9. The summed E-state index contributed by atoms with van der Waals surface area (Å²) in [5.74, 6) is 1.70. The van der Waals surface area contributed by atoms with Crippen LogP contribution in [0.15, 0.2) is 227 Å². The maximum absolute atomic E-state index is 6.65. The maximum atomic E-state index is 6.65. The molecule has 0 N–H and O–H groups in total. The average molecular weight is 913 g/mol. The van der Waals surface area contributed by atoms with Crippen LogP contribution in [-0.4, -0.2) is 19.5 Å². The smallest absolute Gasteiger partial charge is 0.164 e. The second-order valence-corrected chi connectivity index (χ2v) is 18.9. The molecule has 6 nitrogen and oxygen atoms in total. The number of rotatable bonds is 6. The largest absolute Gasteiger partial charge is 0.456 e. The van der Waals surface area contributed by atoms with Crippen molar-refractivity contribution < 1.29 is 8.83 Å². The number of para-hydroxylation sites is 3. The van der Waals surface area contributed by atoms with Crippen LogP contribution in [-0.2, 0) is 0 Å². The van der Waals surface area contributed by atoms with Crippen molar-refractivity contribution in [1.29, 1.82) is 0 Å². The minimum atomic E-state index is 0.559. The molecule has 0 amide bonds. The molecule has 5 heterocycles. The molecular weight excluding hydrogens is 877 g/mol. The summed E-state index contributed by atoms with van der Waals surface area (Å²) >= 11 is 1.86. The zero-order valence-corrected chi connectivity index (χ0v) is 38.1. The highest BCUT2D eigenvalue weighted by Gasteiger charge is 2.21. The average Bonchev–Trinajstić information content (AvgIpc) is 4.19. The van der Waals surface area contributed by atoms with Crippen molar-refractivity contribution in [1.82, 2.24) is 19.5 Å². The second kappa shape index (κ2) is 15.2. The molecule has 15 rings (SSSR count). The van der Waals surface area contributed by atoms with Crippen molar-refractivity contribution in [3.63, 3.8) is 0 Å². The summed E-state index contributed by atoms with van der Waals surface area (Å²) in [6, 6.07) is 77.0. The van der Waals surface area contributed by atoms with Crippen molar-refractivity contribution in [3.05, 3.63) is 218 Å². The highest BCUT2D eigenvalue weighted by Crippen LogP contribution is 2.46. The topological polar surface area (TPSA) is 69.9 Å². The summed E-state index contributed by atoms with van der Waals surface area (Å²) in [6.07, 6.45) is 0. The Morgan fingerprint density at radius 1 is 0.329 bits per heavy atom. The Hall–Kier alpha value is -9.17. The van der Waals surface area contributed by atoms with Gasteiger partial charge in [0.1, 0.15) is 22.3 Å². The fourth-order valence-electron chi connectivity index (χ4n) is 10.6. The molecule has 0 spiro atoms. The van der Waals surface area contributed by atoms with E-state index in [9.17, 15) is 0 Å². The van der Waals surface area contributed by atoms with Gasteiger partial charge in [-0.25, -0.2) is 15.0 Å². The molecule has 10 aromatic carbocycles. The first-order valence-corrected chi connectivity index (χ1v) is 24.2. The summed E-state index contributed by atoms with van der Waals surface area (Å²) in [6.45, 7) is 0. The lowest BCUT2D eigenvalue weighted by atomic mass is 9.94. The molecular formula is C63H36N4O2S. The lowest BCUT2D eigenvalue weighted by molar-refractivity contribution is 0.668. The van der Waals surface area contributed by atoms with Crippen LogP contribution in [0.5, 0.6) is 0 Å². The maximum Gasteiger partial charge on any atom is 0.164 e. The van der Waals surface area contributed by atoms with Crippen molar-refractivity contribution >= 4 is 97.2 Å². The number of hydrogen-bond acceptors (Lipinski definition) is 6. The van der Waals surface area contributed by atoms with E-state index < -0.39 is 0 Å². The Morgan fingerprint density at radius 3 is 1.84 bits per heavy atom. The fraction of sp³-hybridized carbons (Fsp3) is 0. The van der Waals surface area contributed by atoms with Gasteiger partial charge in [-0.2, -0.15) is 0 Å². The zero-order chi connectivity index (χ0) is 45.9. The Bertz CT molecular complexity index is 4600. The molecule has 0 radical (unpaired) electrons. The van der Waals surface area contributed by atoms with Crippen molar-refractivity contribution in [2.24, 2.45) is 0 Å². The van der Waals surface area contributed by atoms with E-state index >= 15 is 0 Å². The van der Waals surface area contributed by atoms with Gasteiger partial charge in [-0.3, -0.25) is 0 Å². The predicted molar refractivity (Wildman–Crippen MR) is 289 cm³/mol. The van der Waals surface area contributed by atoms with Gasteiger partial charge in [0.05, 0.1) is 11.0 Å². The first-order chi connectivity index (χ1) is 34.7. The Kier molecular flexibility index (Phi) is 8.43. The van der Waals surface area contributed by atoms with E-state index in [1.54, 1.807) is 0 Å². The number of nitrogens with zero attached hydrogens (tertiary/aromatic N) is 4. The zero-order valence-electron chi connectivity index (χ0n) is 37.3. The Morgan fingerprint density at radius 2 is 0.957 bits per heavy atom. The normalized spacial score (nSPS) is 12.0. The molecule has 0 atom stereocenters. The van der Waals surface area contributed by atoms with Gasteiger partial charge in [0.15, 0.2) is 17.5 Å². The fourth-order valence-corrected chi connectivity index (χ4v) is 11.8. The summed E-state index contributed by atoms with van der Waals surface area (Å²) in [5.41, 5.74) is 13.9. The van der Waals surface area contributed by atoms with E-state index in [2.05, 4.69) is 156 Å². The van der Waals surface area contributed by atoms with Gasteiger partial charge in [-0.05, 0) is 102 Å². The van der Waals surface area contributed by atoms with Crippen molar-refractivity contribution in [2.75, 3.05) is 0 Å². The molecule has 0 aliphatic rings. The van der Waals surface area contributed by atoms with Crippen LogP contribution in [0.25, 0.3) is 148 Å². The lowest BCUT2D eigenvalue weighted by Gasteiger charge is -2.11. The minimum absolute atomic E-state index is 0.559. The van der Waals surface area contributed by atoms with Gasteiger partial charge in [-0.15, -0.1) is 11.3 Å². The molecule has 70 heavy (non-hydrogen) atoms. The molecule has 0 aliphatic carbocycles.